The van der Waals surface area contributed by atoms with Crippen LogP contribution >= 0.6 is 38.9 Å². The Morgan fingerprint density at radius 2 is 2.17 bits per heavy atom. The minimum Gasteiger partial charge on any atom is -0.495 e. The van der Waals surface area contributed by atoms with Crippen molar-refractivity contribution >= 4 is 50.5 Å². The van der Waals surface area contributed by atoms with E-state index in [1.165, 1.54) is 18.4 Å². The second-order valence-electron chi connectivity index (χ2n) is 4.86. The van der Waals surface area contributed by atoms with Crippen molar-refractivity contribution in [3.05, 3.63) is 50.5 Å². The minimum absolute atomic E-state index is 0.339. The third-order valence-electron chi connectivity index (χ3n) is 3.31. The highest BCUT2D eigenvalue weighted by Gasteiger charge is 2.23. The molecule has 3 aromatic rings. The molecule has 0 aliphatic rings. The van der Waals surface area contributed by atoms with E-state index in [1.54, 1.807) is 25.1 Å². The highest BCUT2D eigenvalue weighted by atomic mass is 79.9. The number of amides is 1. The number of rotatable bonds is 4. The number of benzene rings is 1. The van der Waals surface area contributed by atoms with E-state index < -0.39 is 0 Å². The molecule has 0 aliphatic carbocycles. The number of anilines is 1. The third-order valence-corrected chi connectivity index (χ3v) is 5.17. The monoisotopic (exact) mass is 426 g/mol. The van der Waals surface area contributed by atoms with Crippen LogP contribution in [0.4, 0.5) is 5.69 Å². The number of carbonyl (C=O) groups excluding carboxylic acids is 1. The molecule has 1 aromatic carbocycles. The minimum atomic E-state index is -0.339. The third kappa shape index (κ3) is 3.33. The van der Waals surface area contributed by atoms with E-state index in [2.05, 4.69) is 26.4 Å². The van der Waals surface area contributed by atoms with Crippen LogP contribution in [0.2, 0.25) is 5.02 Å². The quantitative estimate of drug-likeness (QED) is 0.606. The number of hydrogen-bond donors (Lipinski definition) is 1. The summed E-state index contributed by atoms with van der Waals surface area (Å²) < 4.78 is 11.4. The highest BCUT2D eigenvalue weighted by Crippen LogP contribution is 2.35. The molecular weight excluding hydrogens is 416 g/mol. The summed E-state index contributed by atoms with van der Waals surface area (Å²) in [6, 6.07) is 8.78. The predicted molar refractivity (Wildman–Crippen MR) is 98.2 cm³/mol. The number of nitrogens with one attached hydrogen (secondary N) is 1. The van der Waals surface area contributed by atoms with Gasteiger partial charge in [-0.3, -0.25) is 4.79 Å². The molecule has 0 spiro atoms. The maximum absolute atomic E-state index is 12.8. The number of hydrogen-bond acceptors (Lipinski definition) is 5. The topological polar surface area (TPSA) is 64.4 Å². The first-order valence-corrected chi connectivity index (χ1v) is 8.85. The van der Waals surface area contributed by atoms with Gasteiger partial charge >= 0.3 is 0 Å². The number of halogens is 2. The lowest BCUT2D eigenvalue weighted by Crippen LogP contribution is -2.14. The Morgan fingerprint density at radius 3 is 2.83 bits per heavy atom. The van der Waals surface area contributed by atoms with Crippen molar-refractivity contribution in [1.82, 2.24) is 5.16 Å². The Bertz CT molecular complexity index is 907. The van der Waals surface area contributed by atoms with E-state index in [-0.39, 0.29) is 5.91 Å². The summed E-state index contributed by atoms with van der Waals surface area (Å²) in [6.45, 7) is 1.70. The second kappa shape index (κ2) is 6.96. The Morgan fingerprint density at radius 1 is 1.38 bits per heavy atom. The van der Waals surface area contributed by atoms with E-state index in [0.717, 1.165) is 8.66 Å². The van der Waals surface area contributed by atoms with Gasteiger partial charge in [-0.25, -0.2) is 0 Å². The summed E-state index contributed by atoms with van der Waals surface area (Å²) in [7, 11) is 1.53. The first-order valence-electron chi connectivity index (χ1n) is 6.86. The number of methoxy groups -OCH3 is 1. The van der Waals surface area contributed by atoms with E-state index in [4.69, 9.17) is 20.9 Å². The van der Waals surface area contributed by atoms with Crippen LogP contribution in [0.3, 0.4) is 0 Å². The van der Waals surface area contributed by atoms with Crippen molar-refractivity contribution in [3.8, 4) is 16.3 Å². The van der Waals surface area contributed by atoms with Gasteiger partial charge in [0.05, 0.1) is 21.5 Å². The number of ether oxygens (including phenoxy) is 1. The van der Waals surface area contributed by atoms with Gasteiger partial charge in [-0.2, -0.15) is 0 Å². The first kappa shape index (κ1) is 17.0. The van der Waals surface area contributed by atoms with Crippen LogP contribution in [0.15, 0.2) is 38.6 Å². The normalized spacial score (nSPS) is 10.7. The van der Waals surface area contributed by atoms with Gasteiger partial charge in [0.1, 0.15) is 22.8 Å². The van der Waals surface area contributed by atoms with Crippen molar-refractivity contribution in [1.29, 1.82) is 0 Å². The lowest BCUT2D eigenvalue weighted by molar-refractivity contribution is 0.102. The molecule has 3 rings (SSSR count). The van der Waals surface area contributed by atoms with Gasteiger partial charge in [0.25, 0.3) is 5.91 Å². The van der Waals surface area contributed by atoms with Crippen LogP contribution in [0.1, 0.15) is 16.1 Å². The molecule has 0 bridgehead atoms. The van der Waals surface area contributed by atoms with Gasteiger partial charge in [0, 0.05) is 5.02 Å². The van der Waals surface area contributed by atoms with Gasteiger partial charge in [0.2, 0.25) is 0 Å². The molecule has 124 valence electrons. The van der Waals surface area contributed by atoms with E-state index >= 15 is 0 Å². The van der Waals surface area contributed by atoms with Crippen LogP contribution in [-0.4, -0.2) is 18.2 Å². The molecule has 8 heteroatoms. The van der Waals surface area contributed by atoms with Gasteiger partial charge in [-0.1, -0.05) is 16.8 Å². The van der Waals surface area contributed by atoms with E-state index in [9.17, 15) is 4.79 Å². The van der Waals surface area contributed by atoms with Gasteiger partial charge < -0.3 is 14.6 Å². The fourth-order valence-corrected chi connectivity index (χ4v) is 3.76. The molecule has 0 fully saturated rings. The average Bonchev–Trinajstić information content (AvgIpc) is 3.13. The summed E-state index contributed by atoms with van der Waals surface area (Å²) in [4.78, 5) is 13.6. The van der Waals surface area contributed by atoms with E-state index in [1.807, 2.05) is 12.1 Å². The summed E-state index contributed by atoms with van der Waals surface area (Å²) >= 11 is 10.9. The zero-order valence-electron chi connectivity index (χ0n) is 12.7. The molecule has 5 nitrogen and oxygen atoms in total. The molecule has 1 N–H and O–H groups in total. The molecule has 0 saturated carbocycles. The van der Waals surface area contributed by atoms with Crippen LogP contribution in [0, 0.1) is 6.92 Å². The maximum Gasteiger partial charge on any atom is 0.261 e. The second-order valence-corrected chi connectivity index (χ2v) is 7.76. The summed E-state index contributed by atoms with van der Waals surface area (Å²) in [5, 5.41) is 7.32. The summed E-state index contributed by atoms with van der Waals surface area (Å²) in [6.07, 6.45) is 0. The largest absolute Gasteiger partial charge is 0.495 e. The Labute approximate surface area is 155 Å². The standard InChI is InChI=1S/C16H12BrClN2O3S/c1-8-14(15(20-23-8)12-5-6-13(17)24-12)16(21)19-10-7-9(18)3-4-11(10)22-2/h3-7H,1-2H3,(H,19,21). The maximum atomic E-state index is 12.8. The molecule has 0 radical (unpaired) electrons. The molecule has 0 saturated heterocycles. The lowest BCUT2D eigenvalue weighted by atomic mass is 10.1. The van der Waals surface area contributed by atoms with Gasteiger partial charge in [0.15, 0.2) is 0 Å². The molecular formula is C16H12BrClN2O3S. The van der Waals surface area contributed by atoms with Gasteiger partial charge in [-0.15, -0.1) is 11.3 Å². The van der Waals surface area contributed by atoms with Crippen molar-refractivity contribution in [2.45, 2.75) is 6.92 Å². The number of thiophene rings is 1. The van der Waals surface area contributed by atoms with E-state index in [0.29, 0.717) is 33.5 Å². The molecule has 0 unspecified atom stereocenters. The van der Waals surface area contributed by atoms with Crippen LogP contribution in [0.25, 0.3) is 10.6 Å². The van der Waals surface area contributed by atoms with Crippen LogP contribution in [-0.2, 0) is 0 Å². The zero-order chi connectivity index (χ0) is 17.3. The summed E-state index contributed by atoms with van der Waals surface area (Å²) in [5.74, 6) is 0.615. The zero-order valence-corrected chi connectivity index (χ0v) is 15.9. The number of nitrogens with zero attached hydrogens (tertiary/aromatic N) is 1. The highest BCUT2D eigenvalue weighted by molar-refractivity contribution is 9.11. The molecule has 0 aliphatic heterocycles. The molecule has 24 heavy (non-hydrogen) atoms. The molecule has 1 amide bonds. The number of aryl methyl sites for hydroxylation is 1. The summed E-state index contributed by atoms with van der Waals surface area (Å²) in [5.41, 5.74) is 1.36. The fraction of sp³-hybridized carbons (Fsp3) is 0.125. The van der Waals surface area contributed by atoms with Crippen molar-refractivity contribution < 1.29 is 14.1 Å². The fourth-order valence-electron chi connectivity index (χ4n) is 2.21. The predicted octanol–water partition coefficient (Wildman–Crippen LogP) is 5.39. The Kier molecular flexibility index (Phi) is 4.93. The van der Waals surface area contributed by atoms with Crippen LogP contribution in [0.5, 0.6) is 5.75 Å². The molecule has 2 aromatic heterocycles. The Hall–Kier alpha value is -1.83. The molecule has 2 heterocycles. The number of carbonyl (C=O) groups is 1. The van der Waals surface area contributed by atoms with Crippen molar-refractivity contribution in [3.63, 3.8) is 0 Å². The van der Waals surface area contributed by atoms with Gasteiger partial charge in [-0.05, 0) is 53.2 Å². The number of aromatic nitrogens is 1. The van der Waals surface area contributed by atoms with Crippen molar-refractivity contribution in [2.75, 3.05) is 12.4 Å². The lowest BCUT2D eigenvalue weighted by Gasteiger charge is -2.10. The smallest absolute Gasteiger partial charge is 0.261 e. The SMILES string of the molecule is COc1ccc(Cl)cc1NC(=O)c1c(-c2ccc(Br)s2)noc1C. The Balaban J connectivity index is 1.97. The first-order chi connectivity index (χ1) is 11.5. The molecule has 0 atom stereocenters. The van der Waals surface area contributed by atoms with Crippen molar-refractivity contribution in [2.24, 2.45) is 0 Å². The van der Waals surface area contributed by atoms with Crippen LogP contribution < -0.4 is 10.1 Å². The average molecular weight is 428 g/mol.